The van der Waals surface area contributed by atoms with Gasteiger partial charge in [-0.05, 0) is 34.1 Å². The van der Waals surface area contributed by atoms with Crippen molar-refractivity contribution in [2.24, 2.45) is 4.99 Å². The SMILES string of the molecule is CCNC(=NCCCc1nc(C)no1)N1CCSC(C)(C)C1.I. The number of guanidine groups is 1. The van der Waals surface area contributed by atoms with Crippen molar-refractivity contribution in [1.29, 1.82) is 0 Å². The van der Waals surface area contributed by atoms with E-state index >= 15 is 0 Å². The molecule has 2 heterocycles. The lowest BCUT2D eigenvalue weighted by atomic mass is 10.2. The van der Waals surface area contributed by atoms with Crippen LogP contribution in [-0.4, -0.2) is 57.7 Å². The number of rotatable bonds is 5. The summed E-state index contributed by atoms with van der Waals surface area (Å²) in [5, 5.41) is 7.21. The zero-order valence-electron chi connectivity index (χ0n) is 14.5. The molecule has 0 atom stereocenters. The van der Waals surface area contributed by atoms with Crippen LogP contribution in [-0.2, 0) is 6.42 Å². The van der Waals surface area contributed by atoms with Gasteiger partial charge in [0.15, 0.2) is 11.8 Å². The van der Waals surface area contributed by atoms with Crippen LogP contribution in [0, 0.1) is 6.92 Å². The second kappa shape index (κ2) is 9.71. The minimum atomic E-state index is 0. The zero-order valence-corrected chi connectivity index (χ0v) is 17.6. The Morgan fingerprint density at radius 2 is 2.26 bits per heavy atom. The monoisotopic (exact) mass is 453 g/mol. The molecule has 2 rings (SSSR count). The van der Waals surface area contributed by atoms with Crippen molar-refractivity contribution >= 4 is 41.7 Å². The molecule has 1 N–H and O–H groups in total. The second-order valence-corrected chi connectivity index (χ2v) is 7.91. The summed E-state index contributed by atoms with van der Waals surface area (Å²) in [4.78, 5) is 11.3. The molecule has 0 bridgehead atoms. The molecule has 1 aliphatic heterocycles. The van der Waals surface area contributed by atoms with Gasteiger partial charge in [0, 0.05) is 43.1 Å². The molecule has 1 fully saturated rings. The number of aromatic nitrogens is 2. The molecule has 0 aromatic carbocycles. The normalized spacial score (nSPS) is 17.7. The lowest BCUT2D eigenvalue weighted by molar-refractivity contribution is 0.370. The molecule has 0 spiro atoms. The summed E-state index contributed by atoms with van der Waals surface area (Å²) in [6.07, 6.45) is 1.70. The first-order valence-electron chi connectivity index (χ1n) is 7.96. The van der Waals surface area contributed by atoms with Crippen LogP contribution in [0.3, 0.4) is 0 Å². The molecule has 1 aromatic heterocycles. The molecule has 0 aliphatic carbocycles. The number of thioether (sulfide) groups is 1. The predicted octanol–water partition coefficient (Wildman–Crippen LogP) is 2.72. The van der Waals surface area contributed by atoms with Crippen LogP contribution in [0.4, 0.5) is 0 Å². The van der Waals surface area contributed by atoms with Gasteiger partial charge in [0.1, 0.15) is 0 Å². The van der Waals surface area contributed by atoms with Gasteiger partial charge < -0.3 is 14.7 Å². The van der Waals surface area contributed by atoms with Gasteiger partial charge in [-0.3, -0.25) is 4.99 Å². The van der Waals surface area contributed by atoms with Gasteiger partial charge in [-0.15, -0.1) is 24.0 Å². The van der Waals surface area contributed by atoms with E-state index in [1.54, 1.807) is 0 Å². The largest absolute Gasteiger partial charge is 0.357 e. The quantitative estimate of drug-likeness (QED) is 0.320. The van der Waals surface area contributed by atoms with E-state index in [1.165, 1.54) is 0 Å². The lowest BCUT2D eigenvalue weighted by Gasteiger charge is -2.39. The number of aryl methyl sites for hydroxylation is 2. The number of hydrogen-bond acceptors (Lipinski definition) is 5. The molecule has 0 saturated carbocycles. The fourth-order valence-corrected chi connectivity index (χ4v) is 3.59. The summed E-state index contributed by atoms with van der Waals surface area (Å²) in [6.45, 7) is 12.3. The van der Waals surface area contributed by atoms with Crippen molar-refractivity contribution in [3.05, 3.63) is 11.7 Å². The van der Waals surface area contributed by atoms with Crippen molar-refractivity contribution in [1.82, 2.24) is 20.4 Å². The minimum absolute atomic E-state index is 0. The molecule has 0 unspecified atom stereocenters. The van der Waals surface area contributed by atoms with Crippen molar-refractivity contribution in [3.63, 3.8) is 0 Å². The predicted molar refractivity (Wildman–Crippen MR) is 107 cm³/mol. The van der Waals surface area contributed by atoms with E-state index in [4.69, 9.17) is 9.52 Å². The highest BCUT2D eigenvalue weighted by atomic mass is 127. The van der Waals surface area contributed by atoms with Gasteiger partial charge in [0.2, 0.25) is 5.89 Å². The molecule has 1 aliphatic rings. The first-order chi connectivity index (χ1) is 10.5. The third-order valence-corrected chi connectivity index (χ3v) is 4.74. The van der Waals surface area contributed by atoms with Gasteiger partial charge in [-0.2, -0.15) is 16.7 Å². The van der Waals surface area contributed by atoms with Crippen LogP contribution in [0.15, 0.2) is 9.52 Å². The fraction of sp³-hybridized carbons (Fsp3) is 0.800. The molecule has 0 amide bonds. The lowest BCUT2D eigenvalue weighted by Crippen LogP contribution is -2.51. The third kappa shape index (κ3) is 6.86. The Hall–Kier alpha value is -0.510. The average Bonchev–Trinajstić information content (AvgIpc) is 2.87. The molecular formula is C15H28IN5OS. The molecule has 8 heteroatoms. The van der Waals surface area contributed by atoms with Gasteiger partial charge in [0.05, 0.1) is 0 Å². The number of hydrogen-bond donors (Lipinski definition) is 1. The van der Waals surface area contributed by atoms with E-state index in [2.05, 4.69) is 41.1 Å². The van der Waals surface area contributed by atoms with Crippen LogP contribution in [0.5, 0.6) is 0 Å². The maximum atomic E-state index is 5.12. The van der Waals surface area contributed by atoms with E-state index in [0.29, 0.717) is 11.7 Å². The Morgan fingerprint density at radius 3 is 2.87 bits per heavy atom. The Balaban J connectivity index is 0.00000264. The second-order valence-electron chi connectivity index (χ2n) is 6.10. The minimum Gasteiger partial charge on any atom is -0.357 e. The molecule has 132 valence electrons. The molecule has 6 nitrogen and oxygen atoms in total. The van der Waals surface area contributed by atoms with Gasteiger partial charge in [-0.25, -0.2) is 0 Å². The van der Waals surface area contributed by atoms with E-state index in [-0.39, 0.29) is 28.7 Å². The maximum absolute atomic E-state index is 5.12. The van der Waals surface area contributed by atoms with Gasteiger partial charge >= 0.3 is 0 Å². The summed E-state index contributed by atoms with van der Waals surface area (Å²) in [7, 11) is 0. The van der Waals surface area contributed by atoms with Crippen LogP contribution >= 0.6 is 35.7 Å². The Morgan fingerprint density at radius 1 is 1.48 bits per heavy atom. The van der Waals surface area contributed by atoms with E-state index in [1.807, 2.05) is 18.7 Å². The van der Waals surface area contributed by atoms with Crippen molar-refractivity contribution in [2.45, 2.75) is 45.3 Å². The summed E-state index contributed by atoms with van der Waals surface area (Å²) >= 11 is 2.04. The van der Waals surface area contributed by atoms with Crippen LogP contribution in [0.25, 0.3) is 0 Å². The highest BCUT2D eigenvalue weighted by Gasteiger charge is 2.28. The maximum Gasteiger partial charge on any atom is 0.226 e. The first-order valence-corrected chi connectivity index (χ1v) is 8.95. The molecule has 0 radical (unpaired) electrons. The fourth-order valence-electron chi connectivity index (χ4n) is 2.48. The van der Waals surface area contributed by atoms with Crippen molar-refractivity contribution in [2.75, 3.05) is 31.9 Å². The third-order valence-electron chi connectivity index (χ3n) is 3.44. The number of nitrogens with zero attached hydrogens (tertiary/aromatic N) is 4. The van der Waals surface area contributed by atoms with Crippen molar-refractivity contribution in [3.8, 4) is 0 Å². The highest BCUT2D eigenvalue weighted by Crippen LogP contribution is 2.29. The molecular weight excluding hydrogens is 425 g/mol. The van der Waals surface area contributed by atoms with E-state index in [0.717, 1.165) is 50.7 Å². The van der Waals surface area contributed by atoms with Crippen molar-refractivity contribution < 1.29 is 4.52 Å². The van der Waals surface area contributed by atoms with Crippen LogP contribution in [0.2, 0.25) is 0 Å². The van der Waals surface area contributed by atoms with Crippen LogP contribution in [0.1, 0.15) is 38.9 Å². The molecule has 1 saturated heterocycles. The average molecular weight is 453 g/mol. The van der Waals surface area contributed by atoms with Gasteiger partial charge in [0.25, 0.3) is 0 Å². The highest BCUT2D eigenvalue weighted by molar-refractivity contribution is 14.0. The first kappa shape index (κ1) is 20.5. The Labute approximate surface area is 160 Å². The number of nitrogens with one attached hydrogen (secondary N) is 1. The smallest absolute Gasteiger partial charge is 0.226 e. The topological polar surface area (TPSA) is 66.5 Å². The molecule has 23 heavy (non-hydrogen) atoms. The zero-order chi connectivity index (χ0) is 16.0. The summed E-state index contributed by atoms with van der Waals surface area (Å²) in [6, 6.07) is 0. The summed E-state index contributed by atoms with van der Waals surface area (Å²) < 4.78 is 5.41. The van der Waals surface area contributed by atoms with E-state index < -0.39 is 0 Å². The van der Waals surface area contributed by atoms with Crippen LogP contribution < -0.4 is 5.32 Å². The number of halogens is 1. The summed E-state index contributed by atoms with van der Waals surface area (Å²) in [5.74, 6) is 3.57. The summed E-state index contributed by atoms with van der Waals surface area (Å²) in [5.41, 5.74) is 0. The Bertz CT molecular complexity index is 506. The van der Waals surface area contributed by atoms with E-state index in [9.17, 15) is 0 Å². The number of aliphatic imine (C=N–C) groups is 1. The van der Waals surface area contributed by atoms with Gasteiger partial charge in [-0.1, -0.05) is 5.16 Å². The Kier molecular flexibility index (Phi) is 8.66. The molecule has 1 aromatic rings. The standard InChI is InChI=1S/C15H27N5OS.HI/c1-5-16-14(20-9-10-22-15(3,4)11-20)17-8-6-7-13-18-12(2)19-21-13;/h5-11H2,1-4H3,(H,16,17);1H.